The molecule has 2 rings (SSSR count). The number of aromatic nitrogens is 2. The van der Waals surface area contributed by atoms with Crippen LogP contribution >= 0.6 is 11.6 Å². The van der Waals surface area contributed by atoms with Gasteiger partial charge in [-0.2, -0.15) is 4.98 Å². The van der Waals surface area contributed by atoms with Crippen molar-refractivity contribution in [1.82, 2.24) is 10.1 Å². The fraction of sp³-hybridized carbons (Fsp3) is 0.250. The zero-order valence-corrected chi connectivity index (χ0v) is 10.5. The quantitative estimate of drug-likeness (QED) is 0.796. The van der Waals surface area contributed by atoms with Crippen molar-refractivity contribution >= 4 is 17.6 Å². The maximum Gasteiger partial charge on any atom is 0.397 e. The van der Waals surface area contributed by atoms with Crippen LogP contribution in [0.3, 0.4) is 0 Å². The average Bonchev–Trinajstić information content (AvgIpc) is 2.81. The number of rotatable bonds is 4. The van der Waals surface area contributed by atoms with Gasteiger partial charge < -0.3 is 9.26 Å². The molecule has 94 valence electrons. The van der Waals surface area contributed by atoms with Crippen molar-refractivity contribution in [2.75, 3.05) is 6.61 Å². The van der Waals surface area contributed by atoms with E-state index in [2.05, 4.69) is 10.1 Å². The van der Waals surface area contributed by atoms with E-state index in [0.29, 0.717) is 17.3 Å². The molecule has 2 aromatic rings. The monoisotopic (exact) mass is 266 g/mol. The van der Waals surface area contributed by atoms with Gasteiger partial charge in [0.1, 0.15) is 0 Å². The molecule has 0 saturated heterocycles. The highest BCUT2D eigenvalue weighted by molar-refractivity contribution is 6.31. The molecule has 0 radical (unpaired) electrons. The highest BCUT2D eigenvalue weighted by Crippen LogP contribution is 2.17. The van der Waals surface area contributed by atoms with Crippen molar-refractivity contribution in [3.8, 4) is 0 Å². The van der Waals surface area contributed by atoms with Gasteiger partial charge in [-0.25, -0.2) is 4.79 Å². The zero-order valence-electron chi connectivity index (χ0n) is 9.72. The second-order valence-corrected chi connectivity index (χ2v) is 3.91. The fourth-order valence-corrected chi connectivity index (χ4v) is 1.62. The first-order valence-electron chi connectivity index (χ1n) is 5.43. The van der Waals surface area contributed by atoms with Gasteiger partial charge in [0.2, 0.25) is 0 Å². The van der Waals surface area contributed by atoms with Gasteiger partial charge in [-0.05, 0) is 18.6 Å². The summed E-state index contributed by atoms with van der Waals surface area (Å²) >= 11 is 6.02. The summed E-state index contributed by atoms with van der Waals surface area (Å²) in [6.07, 6.45) is 0.405. The Morgan fingerprint density at radius 2 is 2.22 bits per heavy atom. The van der Waals surface area contributed by atoms with E-state index < -0.39 is 5.97 Å². The molecule has 0 aliphatic carbocycles. The SMILES string of the molecule is CCOC(=O)c1nc(Cc2ccccc2Cl)no1. The molecule has 1 aromatic heterocycles. The van der Waals surface area contributed by atoms with E-state index >= 15 is 0 Å². The molecule has 18 heavy (non-hydrogen) atoms. The average molecular weight is 267 g/mol. The van der Waals surface area contributed by atoms with Gasteiger partial charge in [-0.1, -0.05) is 35.0 Å². The van der Waals surface area contributed by atoms with E-state index in [1.165, 1.54) is 0 Å². The predicted octanol–water partition coefficient (Wildman–Crippen LogP) is 2.49. The van der Waals surface area contributed by atoms with E-state index in [1.807, 2.05) is 18.2 Å². The molecule has 0 saturated carbocycles. The van der Waals surface area contributed by atoms with Crippen LogP contribution in [-0.2, 0) is 11.2 Å². The Balaban J connectivity index is 2.12. The van der Waals surface area contributed by atoms with Crippen molar-refractivity contribution in [3.05, 3.63) is 46.6 Å². The Morgan fingerprint density at radius 1 is 1.44 bits per heavy atom. The van der Waals surface area contributed by atoms with Crippen LogP contribution in [0.2, 0.25) is 5.02 Å². The molecule has 0 atom stereocenters. The van der Waals surface area contributed by atoms with Crippen LogP contribution in [0.1, 0.15) is 29.0 Å². The summed E-state index contributed by atoms with van der Waals surface area (Å²) in [6, 6.07) is 7.35. The summed E-state index contributed by atoms with van der Waals surface area (Å²) in [6.45, 7) is 1.97. The van der Waals surface area contributed by atoms with Crippen LogP contribution in [0.4, 0.5) is 0 Å². The maximum atomic E-state index is 11.3. The third kappa shape index (κ3) is 2.87. The van der Waals surface area contributed by atoms with Crippen molar-refractivity contribution in [3.63, 3.8) is 0 Å². The number of hydrogen-bond acceptors (Lipinski definition) is 5. The number of nitrogens with zero attached hydrogens (tertiary/aromatic N) is 2. The van der Waals surface area contributed by atoms with E-state index in [9.17, 15) is 4.79 Å². The van der Waals surface area contributed by atoms with Gasteiger partial charge in [-0.3, -0.25) is 0 Å². The summed E-state index contributed by atoms with van der Waals surface area (Å²) in [7, 11) is 0. The lowest BCUT2D eigenvalue weighted by Crippen LogP contribution is -2.05. The highest BCUT2D eigenvalue weighted by Gasteiger charge is 2.16. The molecule has 0 unspecified atom stereocenters. The van der Waals surface area contributed by atoms with Gasteiger partial charge in [0.25, 0.3) is 0 Å². The molecule has 0 aliphatic heterocycles. The number of esters is 1. The van der Waals surface area contributed by atoms with E-state index in [0.717, 1.165) is 5.56 Å². The van der Waals surface area contributed by atoms with Gasteiger partial charge in [0.15, 0.2) is 5.82 Å². The lowest BCUT2D eigenvalue weighted by molar-refractivity contribution is 0.0470. The van der Waals surface area contributed by atoms with Crippen LogP contribution in [0.15, 0.2) is 28.8 Å². The normalized spacial score (nSPS) is 10.3. The number of ether oxygens (including phenoxy) is 1. The molecule has 5 nitrogen and oxygen atoms in total. The van der Waals surface area contributed by atoms with Crippen LogP contribution in [0.25, 0.3) is 0 Å². The second kappa shape index (κ2) is 5.64. The molecule has 0 aliphatic rings. The third-order valence-corrected chi connectivity index (χ3v) is 2.59. The molecule has 0 bridgehead atoms. The number of carbonyl (C=O) groups is 1. The predicted molar refractivity (Wildman–Crippen MR) is 64.5 cm³/mol. The van der Waals surface area contributed by atoms with Crippen LogP contribution in [0.5, 0.6) is 0 Å². The minimum Gasteiger partial charge on any atom is -0.459 e. The molecule has 6 heteroatoms. The summed E-state index contributed by atoms with van der Waals surface area (Å²) in [5.74, 6) is -0.361. The lowest BCUT2D eigenvalue weighted by atomic mass is 10.1. The zero-order chi connectivity index (χ0) is 13.0. The smallest absolute Gasteiger partial charge is 0.397 e. The van der Waals surface area contributed by atoms with E-state index in [4.69, 9.17) is 20.9 Å². The van der Waals surface area contributed by atoms with E-state index in [1.54, 1.807) is 13.0 Å². The van der Waals surface area contributed by atoms with Crippen molar-refractivity contribution < 1.29 is 14.1 Å². The first-order valence-corrected chi connectivity index (χ1v) is 5.81. The third-order valence-electron chi connectivity index (χ3n) is 2.22. The molecule has 1 heterocycles. The summed E-state index contributed by atoms with van der Waals surface area (Å²) in [5, 5.41) is 4.34. The number of carbonyl (C=O) groups excluding carboxylic acids is 1. The Morgan fingerprint density at radius 3 is 2.94 bits per heavy atom. The Bertz CT molecular complexity index is 554. The highest BCUT2D eigenvalue weighted by atomic mass is 35.5. The first kappa shape index (κ1) is 12.6. The molecule has 0 amide bonds. The number of halogens is 1. The molecule has 0 fully saturated rings. The van der Waals surface area contributed by atoms with Crippen LogP contribution in [-0.4, -0.2) is 22.7 Å². The van der Waals surface area contributed by atoms with Crippen molar-refractivity contribution in [1.29, 1.82) is 0 Å². The van der Waals surface area contributed by atoms with Gasteiger partial charge in [0.05, 0.1) is 6.61 Å². The van der Waals surface area contributed by atoms with Gasteiger partial charge in [-0.15, -0.1) is 0 Å². The van der Waals surface area contributed by atoms with Crippen LogP contribution in [0, 0.1) is 0 Å². The second-order valence-electron chi connectivity index (χ2n) is 3.50. The molecule has 0 N–H and O–H groups in total. The summed E-state index contributed by atoms with van der Waals surface area (Å²) in [4.78, 5) is 15.3. The molecule has 1 aromatic carbocycles. The standard InChI is InChI=1S/C12H11ClN2O3/c1-2-17-12(16)11-14-10(15-18-11)7-8-5-3-4-6-9(8)13/h3-6H,2,7H2,1H3. The minimum atomic E-state index is -0.615. The van der Waals surface area contributed by atoms with Crippen molar-refractivity contribution in [2.45, 2.75) is 13.3 Å². The Kier molecular flexibility index (Phi) is 3.94. The topological polar surface area (TPSA) is 65.2 Å². The number of benzene rings is 1. The summed E-state index contributed by atoms with van der Waals surface area (Å²) in [5.41, 5.74) is 0.871. The summed E-state index contributed by atoms with van der Waals surface area (Å²) < 4.78 is 9.57. The fourth-order valence-electron chi connectivity index (χ4n) is 1.41. The van der Waals surface area contributed by atoms with E-state index in [-0.39, 0.29) is 12.5 Å². The largest absolute Gasteiger partial charge is 0.459 e. The Labute approximate surface area is 109 Å². The van der Waals surface area contributed by atoms with Crippen LogP contribution < -0.4 is 0 Å². The lowest BCUT2D eigenvalue weighted by Gasteiger charge is -1.98. The van der Waals surface area contributed by atoms with Gasteiger partial charge in [0, 0.05) is 11.4 Å². The maximum absolute atomic E-state index is 11.3. The van der Waals surface area contributed by atoms with Gasteiger partial charge >= 0.3 is 11.9 Å². The molecule has 0 spiro atoms. The minimum absolute atomic E-state index is 0.140. The molecular weight excluding hydrogens is 256 g/mol. The number of hydrogen-bond donors (Lipinski definition) is 0. The van der Waals surface area contributed by atoms with Crippen molar-refractivity contribution in [2.24, 2.45) is 0 Å². The molecular formula is C12H11ClN2O3. The first-order chi connectivity index (χ1) is 8.70. The Hall–Kier alpha value is -1.88.